The predicted octanol–water partition coefficient (Wildman–Crippen LogP) is 3.04. The lowest BCUT2D eigenvalue weighted by atomic mass is 10.2. The SMILES string of the molecule is C.[N-]=[N+]=NCc1cccc([N+](=O)[O-])c1. The van der Waals surface area contributed by atoms with Gasteiger partial charge >= 0.3 is 0 Å². The third-order valence-corrected chi connectivity index (χ3v) is 1.44. The maximum absolute atomic E-state index is 10.3. The second kappa shape index (κ2) is 5.55. The molecule has 0 aliphatic heterocycles. The number of hydrogen-bond acceptors (Lipinski definition) is 3. The molecule has 14 heavy (non-hydrogen) atoms. The van der Waals surface area contributed by atoms with Gasteiger partial charge in [-0.2, -0.15) is 0 Å². The van der Waals surface area contributed by atoms with Crippen molar-refractivity contribution in [2.45, 2.75) is 14.0 Å². The molecule has 1 rings (SSSR count). The van der Waals surface area contributed by atoms with E-state index >= 15 is 0 Å². The Morgan fingerprint density at radius 2 is 2.29 bits per heavy atom. The fourth-order valence-electron chi connectivity index (χ4n) is 0.882. The Kier molecular flexibility index (Phi) is 4.73. The van der Waals surface area contributed by atoms with Crippen LogP contribution in [0.2, 0.25) is 0 Å². The maximum Gasteiger partial charge on any atom is 0.269 e. The molecule has 0 unspecified atom stereocenters. The zero-order valence-electron chi connectivity index (χ0n) is 6.62. The Morgan fingerprint density at radius 1 is 1.57 bits per heavy atom. The molecule has 0 saturated heterocycles. The summed E-state index contributed by atoms with van der Waals surface area (Å²) in [7, 11) is 0. The summed E-state index contributed by atoms with van der Waals surface area (Å²) in [5.41, 5.74) is 8.67. The number of nitro groups is 1. The van der Waals surface area contributed by atoms with Gasteiger partial charge in [-0.15, -0.1) is 0 Å². The van der Waals surface area contributed by atoms with Crippen molar-refractivity contribution in [3.8, 4) is 0 Å². The highest BCUT2D eigenvalue weighted by molar-refractivity contribution is 5.34. The first-order valence-corrected chi connectivity index (χ1v) is 3.48. The lowest BCUT2D eigenvalue weighted by Crippen LogP contribution is -1.89. The van der Waals surface area contributed by atoms with Crippen molar-refractivity contribution >= 4 is 5.69 Å². The maximum atomic E-state index is 10.3. The quantitative estimate of drug-likeness (QED) is 0.243. The normalized spacial score (nSPS) is 8.29. The highest BCUT2D eigenvalue weighted by atomic mass is 16.6. The Balaban J connectivity index is 0.00000169. The molecule has 6 heteroatoms. The van der Waals surface area contributed by atoms with Crippen LogP contribution in [0.3, 0.4) is 0 Å². The van der Waals surface area contributed by atoms with Gasteiger partial charge in [0.2, 0.25) is 0 Å². The summed E-state index contributed by atoms with van der Waals surface area (Å²) >= 11 is 0. The number of nitrogens with zero attached hydrogens (tertiary/aromatic N) is 4. The van der Waals surface area contributed by atoms with Crippen LogP contribution in [0.5, 0.6) is 0 Å². The molecule has 1 aromatic carbocycles. The molecule has 0 aliphatic rings. The van der Waals surface area contributed by atoms with E-state index in [1.54, 1.807) is 12.1 Å². The first-order chi connectivity index (χ1) is 6.24. The standard InChI is InChI=1S/C7H6N4O2.CH4/c8-10-9-5-6-2-1-3-7(4-6)11(12)13;/h1-4H,5H2;1H4. The van der Waals surface area contributed by atoms with Gasteiger partial charge in [0, 0.05) is 17.0 Å². The molecule has 0 amide bonds. The molecule has 6 nitrogen and oxygen atoms in total. The van der Waals surface area contributed by atoms with E-state index in [4.69, 9.17) is 5.53 Å². The second-order valence-electron chi connectivity index (χ2n) is 2.32. The minimum atomic E-state index is -0.487. The van der Waals surface area contributed by atoms with Gasteiger partial charge in [0.25, 0.3) is 5.69 Å². The monoisotopic (exact) mass is 194 g/mol. The van der Waals surface area contributed by atoms with Crippen LogP contribution in [0, 0.1) is 10.1 Å². The van der Waals surface area contributed by atoms with Gasteiger partial charge in [-0.05, 0) is 11.1 Å². The summed E-state index contributed by atoms with van der Waals surface area (Å²) in [6.45, 7) is 0.137. The molecule has 0 fully saturated rings. The van der Waals surface area contributed by atoms with E-state index in [0.29, 0.717) is 5.56 Å². The number of nitro benzene ring substituents is 1. The lowest BCUT2D eigenvalue weighted by Gasteiger charge is -1.94. The number of rotatable bonds is 3. The number of azide groups is 1. The molecule has 0 spiro atoms. The molecular formula is C8H10N4O2. The van der Waals surface area contributed by atoms with Crippen molar-refractivity contribution < 1.29 is 4.92 Å². The van der Waals surface area contributed by atoms with Crippen LogP contribution in [0.1, 0.15) is 13.0 Å². The molecule has 0 radical (unpaired) electrons. The summed E-state index contributed by atoms with van der Waals surface area (Å²) in [6, 6.07) is 6.00. The van der Waals surface area contributed by atoms with Crippen molar-refractivity contribution in [1.82, 2.24) is 0 Å². The Hall–Kier alpha value is -2.07. The summed E-state index contributed by atoms with van der Waals surface area (Å²) in [5, 5.41) is 13.6. The molecule has 0 atom stereocenters. The largest absolute Gasteiger partial charge is 0.269 e. The molecule has 0 heterocycles. The fraction of sp³-hybridized carbons (Fsp3) is 0.250. The van der Waals surface area contributed by atoms with Crippen LogP contribution in [-0.4, -0.2) is 4.92 Å². The van der Waals surface area contributed by atoms with Gasteiger partial charge in [0.1, 0.15) is 0 Å². The smallest absolute Gasteiger partial charge is 0.258 e. The van der Waals surface area contributed by atoms with Crippen LogP contribution < -0.4 is 0 Å². The molecular weight excluding hydrogens is 184 g/mol. The zero-order valence-corrected chi connectivity index (χ0v) is 6.62. The van der Waals surface area contributed by atoms with Crippen molar-refractivity contribution in [2.75, 3.05) is 0 Å². The first-order valence-electron chi connectivity index (χ1n) is 3.48. The number of non-ortho nitro benzene ring substituents is 1. The highest BCUT2D eigenvalue weighted by Gasteiger charge is 2.03. The van der Waals surface area contributed by atoms with Gasteiger partial charge in [-0.3, -0.25) is 10.1 Å². The molecule has 0 N–H and O–H groups in total. The molecule has 1 aromatic rings. The van der Waals surface area contributed by atoms with Crippen molar-refractivity contribution in [1.29, 1.82) is 0 Å². The third kappa shape index (κ3) is 3.12. The molecule has 74 valence electrons. The number of benzene rings is 1. The Labute approximate surface area is 81.0 Å². The van der Waals surface area contributed by atoms with Crippen molar-refractivity contribution in [3.05, 3.63) is 50.4 Å². The fourth-order valence-corrected chi connectivity index (χ4v) is 0.882. The molecule has 0 aromatic heterocycles. The summed E-state index contributed by atoms with van der Waals surface area (Å²) in [4.78, 5) is 12.4. The van der Waals surface area contributed by atoms with E-state index in [-0.39, 0.29) is 19.7 Å². The number of hydrogen-bond donors (Lipinski definition) is 0. The van der Waals surface area contributed by atoms with E-state index < -0.39 is 4.92 Å². The topological polar surface area (TPSA) is 91.9 Å². The summed E-state index contributed by atoms with van der Waals surface area (Å²) < 4.78 is 0. The summed E-state index contributed by atoms with van der Waals surface area (Å²) in [6.07, 6.45) is 0. The van der Waals surface area contributed by atoms with Crippen molar-refractivity contribution in [3.63, 3.8) is 0 Å². The van der Waals surface area contributed by atoms with Gasteiger partial charge < -0.3 is 0 Å². The second-order valence-corrected chi connectivity index (χ2v) is 2.32. The average Bonchev–Trinajstić information content (AvgIpc) is 2.15. The molecule has 0 aliphatic carbocycles. The Morgan fingerprint density at radius 3 is 2.86 bits per heavy atom. The van der Waals surface area contributed by atoms with Gasteiger partial charge in [-0.25, -0.2) is 0 Å². The van der Waals surface area contributed by atoms with Gasteiger partial charge in [-0.1, -0.05) is 24.7 Å². The van der Waals surface area contributed by atoms with E-state index in [2.05, 4.69) is 10.0 Å². The van der Waals surface area contributed by atoms with E-state index in [0.717, 1.165) is 0 Å². The minimum absolute atomic E-state index is 0. The minimum Gasteiger partial charge on any atom is -0.258 e. The van der Waals surface area contributed by atoms with Crippen molar-refractivity contribution in [2.24, 2.45) is 5.11 Å². The van der Waals surface area contributed by atoms with E-state index in [1.165, 1.54) is 12.1 Å². The van der Waals surface area contributed by atoms with Crippen LogP contribution in [0.4, 0.5) is 5.69 Å². The summed E-state index contributed by atoms with van der Waals surface area (Å²) in [5.74, 6) is 0. The van der Waals surface area contributed by atoms with Gasteiger partial charge in [0.05, 0.1) is 11.5 Å². The molecule has 0 saturated carbocycles. The third-order valence-electron chi connectivity index (χ3n) is 1.44. The predicted molar refractivity (Wildman–Crippen MR) is 52.7 cm³/mol. The first kappa shape index (κ1) is 11.9. The van der Waals surface area contributed by atoms with Crippen LogP contribution in [0.15, 0.2) is 29.4 Å². The van der Waals surface area contributed by atoms with Crippen LogP contribution >= 0.6 is 0 Å². The average molecular weight is 194 g/mol. The lowest BCUT2D eigenvalue weighted by molar-refractivity contribution is -0.384. The van der Waals surface area contributed by atoms with Gasteiger partial charge in [0.15, 0.2) is 0 Å². The van der Waals surface area contributed by atoms with E-state index in [9.17, 15) is 10.1 Å². The van der Waals surface area contributed by atoms with E-state index in [1.807, 2.05) is 0 Å². The zero-order chi connectivity index (χ0) is 9.68. The molecule has 0 bridgehead atoms. The Bertz CT molecular complexity index is 371. The van der Waals surface area contributed by atoms with Crippen LogP contribution in [-0.2, 0) is 6.54 Å². The highest BCUT2D eigenvalue weighted by Crippen LogP contribution is 2.13. The van der Waals surface area contributed by atoms with Crippen LogP contribution in [0.25, 0.3) is 10.4 Å².